The summed E-state index contributed by atoms with van der Waals surface area (Å²) >= 11 is 1.50. The highest BCUT2D eigenvalue weighted by Crippen LogP contribution is 2.49. The summed E-state index contributed by atoms with van der Waals surface area (Å²) in [5.41, 5.74) is 1.69. The lowest BCUT2D eigenvalue weighted by molar-refractivity contribution is -0.146. The Morgan fingerprint density at radius 2 is 1.83 bits per heavy atom. The number of carboxylic acid groups (broad SMARTS) is 1. The van der Waals surface area contributed by atoms with E-state index >= 15 is 0 Å². The second-order valence-electron chi connectivity index (χ2n) is 9.13. The summed E-state index contributed by atoms with van der Waals surface area (Å²) in [5, 5.41) is 16.3. The van der Waals surface area contributed by atoms with Crippen molar-refractivity contribution in [3.8, 4) is 0 Å². The van der Waals surface area contributed by atoms with E-state index in [1.165, 1.54) is 16.2 Å². The van der Waals surface area contributed by atoms with E-state index in [0.29, 0.717) is 16.5 Å². The predicted molar refractivity (Wildman–Crippen MR) is 110 cm³/mol. The maximum absolute atomic E-state index is 13.2. The van der Waals surface area contributed by atoms with E-state index in [-0.39, 0.29) is 29.7 Å². The lowest BCUT2D eigenvalue weighted by Gasteiger charge is -2.23. The van der Waals surface area contributed by atoms with Crippen LogP contribution in [0.4, 0.5) is 5.00 Å². The smallest absolute Gasteiger partial charge is 0.307 e. The van der Waals surface area contributed by atoms with Gasteiger partial charge in [-0.05, 0) is 61.8 Å². The number of thiophene rings is 1. The molecule has 5 rings (SSSR count). The Morgan fingerprint density at radius 1 is 1.10 bits per heavy atom. The summed E-state index contributed by atoms with van der Waals surface area (Å²) in [4.78, 5) is 39.1. The largest absolute Gasteiger partial charge is 0.481 e. The third-order valence-electron chi connectivity index (χ3n) is 6.94. The van der Waals surface area contributed by atoms with Gasteiger partial charge in [-0.25, -0.2) is 0 Å². The van der Waals surface area contributed by atoms with Crippen LogP contribution in [0.2, 0.25) is 0 Å². The van der Waals surface area contributed by atoms with Crippen LogP contribution in [-0.2, 0) is 22.4 Å². The summed E-state index contributed by atoms with van der Waals surface area (Å²) in [6.45, 7) is 2.21. The molecule has 5 atom stereocenters. The van der Waals surface area contributed by atoms with Crippen LogP contribution in [0.5, 0.6) is 0 Å². The molecule has 1 aromatic heterocycles. The number of allylic oxidation sites excluding steroid dienone is 2. The highest BCUT2D eigenvalue weighted by Gasteiger charge is 2.52. The van der Waals surface area contributed by atoms with Gasteiger partial charge in [0.15, 0.2) is 0 Å². The molecule has 4 aliphatic rings. The third-order valence-corrected chi connectivity index (χ3v) is 8.10. The Bertz CT molecular complexity index is 916. The summed E-state index contributed by atoms with van der Waals surface area (Å²) in [6.07, 6.45) is 9.48. The van der Waals surface area contributed by atoms with Gasteiger partial charge in [-0.3, -0.25) is 14.4 Å². The van der Waals surface area contributed by atoms with E-state index in [0.717, 1.165) is 44.1 Å². The normalized spacial score (nSPS) is 32.1. The fourth-order valence-corrected chi connectivity index (χ4v) is 6.69. The Hall–Kier alpha value is -2.15. The quantitative estimate of drug-likeness (QED) is 0.645. The number of carbonyl (C=O) groups is 3. The number of hydrogen-bond acceptors (Lipinski definition) is 4. The van der Waals surface area contributed by atoms with Crippen LogP contribution in [0, 0.1) is 29.6 Å². The fourth-order valence-electron chi connectivity index (χ4n) is 5.28. The maximum Gasteiger partial charge on any atom is 0.307 e. The van der Waals surface area contributed by atoms with Crippen LogP contribution in [0.1, 0.15) is 53.4 Å². The van der Waals surface area contributed by atoms with Gasteiger partial charge in [0, 0.05) is 10.9 Å². The van der Waals surface area contributed by atoms with E-state index in [4.69, 9.17) is 0 Å². The Labute approximate surface area is 173 Å². The number of hydrogen-bond donors (Lipinski definition) is 3. The fraction of sp³-hybridized carbons (Fsp3) is 0.591. The van der Waals surface area contributed by atoms with Gasteiger partial charge < -0.3 is 15.7 Å². The molecule has 0 saturated heterocycles. The van der Waals surface area contributed by atoms with E-state index in [1.54, 1.807) is 0 Å². The number of amides is 2. The SMILES string of the molecule is C[C@H]1CCc2c(sc(NC(=O)[C@@H]3[C@@H](C(=O)O)[C@H]4C=C[C@@H]3C4)c2C(=O)NC2CC2)C1. The first-order valence-electron chi connectivity index (χ1n) is 10.6. The van der Waals surface area contributed by atoms with Crippen LogP contribution >= 0.6 is 11.3 Å². The maximum atomic E-state index is 13.2. The Morgan fingerprint density at radius 3 is 2.52 bits per heavy atom. The first kappa shape index (κ1) is 18.9. The van der Waals surface area contributed by atoms with E-state index in [9.17, 15) is 19.5 Å². The molecule has 7 heteroatoms. The molecule has 0 unspecified atom stereocenters. The van der Waals surface area contributed by atoms with Crippen molar-refractivity contribution in [3.63, 3.8) is 0 Å². The number of anilines is 1. The van der Waals surface area contributed by atoms with E-state index in [1.807, 2.05) is 12.2 Å². The van der Waals surface area contributed by atoms with Crippen molar-refractivity contribution in [3.05, 3.63) is 28.2 Å². The molecule has 1 heterocycles. The van der Waals surface area contributed by atoms with Gasteiger partial charge in [0.2, 0.25) is 5.91 Å². The summed E-state index contributed by atoms with van der Waals surface area (Å²) in [5.74, 6) is -2.05. The molecule has 2 bridgehead atoms. The number of aliphatic carboxylic acids is 1. The van der Waals surface area contributed by atoms with Crippen LogP contribution in [0.3, 0.4) is 0 Å². The monoisotopic (exact) mass is 414 g/mol. The molecule has 4 aliphatic carbocycles. The molecule has 0 radical (unpaired) electrons. The number of fused-ring (bicyclic) bond motifs is 3. The summed E-state index contributed by atoms with van der Waals surface area (Å²) in [7, 11) is 0. The van der Waals surface area contributed by atoms with Gasteiger partial charge in [-0.2, -0.15) is 0 Å². The zero-order valence-electron chi connectivity index (χ0n) is 16.4. The molecule has 6 nitrogen and oxygen atoms in total. The predicted octanol–water partition coefficient (Wildman–Crippen LogP) is 3.23. The number of nitrogens with one attached hydrogen (secondary N) is 2. The molecule has 0 spiro atoms. The zero-order chi connectivity index (χ0) is 20.3. The topological polar surface area (TPSA) is 95.5 Å². The number of carboxylic acids is 1. The lowest BCUT2D eigenvalue weighted by Crippen LogP contribution is -2.36. The van der Waals surface area contributed by atoms with E-state index in [2.05, 4.69) is 17.6 Å². The average Bonchev–Trinajstić information content (AvgIpc) is 3.11. The van der Waals surface area contributed by atoms with Gasteiger partial charge in [0.1, 0.15) is 5.00 Å². The van der Waals surface area contributed by atoms with Crippen molar-refractivity contribution in [2.45, 2.75) is 51.5 Å². The molecule has 0 aliphatic heterocycles. The first-order valence-corrected chi connectivity index (χ1v) is 11.4. The number of carbonyl (C=O) groups excluding carboxylic acids is 2. The zero-order valence-corrected chi connectivity index (χ0v) is 17.3. The minimum absolute atomic E-state index is 0.0283. The molecule has 0 aromatic carbocycles. The van der Waals surface area contributed by atoms with E-state index < -0.39 is 17.8 Å². The molecule has 2 amide bonds. The van der Waals surface area contributed by atoms with Crippen LogP contribution in [0.15, 0.2) is 12.2 Å². The Balaban J connectivity index is 1.44. The second-order valence-corrected chi connectivity index (χ2v) is 10.2. The van der Waals surface area contributed by atoms with Crippen molar-refractivity contribution < 1.29 is 19.5 Å². The van der Waals surface area contributed by atoms with Crippen molar-refractivity contribution in [1.29, 1.82) is 0 Å². The van der Waals surface area contributed by atoms with Crippen molar-refractivity contribution in [1.82, 2.24) is 5.32 Å². The minimum atomic E-state index is -0.909. The Kier molecular flexibility index (Phi) is 4.53. The standard InChI is InChI=1S/C22H26N2O4S/c1-10-2-7-14-15(8-10)29-21(18(14)20(26)23-13-5-6-13)24-19(25)16-11-3-4-12(9-11)17(16)22(27)28/h3-4,10-13,16-17H,2,5-9H2,1H3,(H,23,26)(H,24,25)(H,27,28)/t10-,11+,12-,16-,17-/m0/s1. The minimum Gasteiger partial charge on any atom is -0.481 e. The van der Waals surface area contributed by atoms with Crippen molar-refractivity contribution in [2.24, 2.45) is 29.6 Å². The molecule has 2 saturated carbocycles. The van der Waals surface area contributed by atoms with Crippen molar-refractivity contribution >= 4 is 34.1 Å². The van der Waals surface area contributed by atoms with Gasteiger partial charge >= 0.3 is 5.97 Å². The van der Waals surface area contributed by atoms with Crippen molar-refractivity contribution in [2.75, 3.05) is 5.32 Å². The van der Waals surface area contributed by atoms with Crippen LogP contribution in [-0.4, -0.2) is 28.9 Å². The summed E-state index contributed by atoms with van der Waals surface area (Å²) in [6, 6.07) is 0.246. The van der Waals surface area contributed by atoms with Gasteiger partial charge in [-0.1, -0.05) is 19.1 Å². The lowest BCUT2D eigenvalue weighted by atomic mass is 9.82. The molecule has 1 aromatic rings. The average molecular weight is 415 g/mol. The van der Waals surface area contributed by atoms with Gasteiger partial charge in [0.05, 0.1) is 17.4 Å². The van der Waals surface area contributed by atoms with Crippen LogP contribution < -0.4 is 10.6 Å². The van der Waals surface area contributed by atoms with Gasteiger partial charge in [0.25, 0.3) is 5.91 Å². The number of rotatable bonds is 5. The molecule has 2 fully saturated rings. The van der Waals surface area contributed by atoms with Crippen LogP contribution in [0.25, 0.3) is 0 Å². The molecule has 154 valence electrons. The molecular formula is C22H26N2O4S. The third kappa shape index (κ3) is 3.29. The molecule has 3 N–H and O–H groups in total. The van der Waals surface area contributed by atoms with Gasteiger partial charge in [-0.15, -0.1) is 11.3 Å². The molecular weight excluding hydrogens is 388 g/mol. The highest BCUT2D eigenvalue weighted by molar-refractivity contribution is 7.17. The first-order chi connectivity index (χ1) is 13.9. The highest BCUT2D eigenvalue weighted by atomic mass is 32.1. The molecule has 29 heavy (non-hydrogen) atoms. The second kappa shape index (κ2) is 6.97. The summed E-state index contributed by atoms with van der Waals surface area (Å²) < 4.78 is 0.